The predicted octanol–water partition coefficient (Wildman–Crippen LogP) is 3.96. The molecule has 1 fully saturated rings. The van der Waals surface area contributed by atoms with E-state index in [1.807, 2.05) is 12.1 Å². The summed E-state index contributed by atoms with van der Waals surface area (Å²) in [5.41, 5.74) is 0.785. The number of benzene rings is 1. The van der Waals surface area contributed by atoms with E-state index in [-0.39, 0.29) is 22.9 Å². The highest BCUT2D eigenvalue weighted by atomic mass is 35.5. The van der Waals surface area contributed by atoms with Crippen molar-refractivity contribution in [1.82, 2.24) is 15.0 Å². The van der Waals surface area contributed by atoms with Gasteiger partial charge >= 0.3 is 6.09 Å². The molecule has 7 nitrogen and oxygen atoms in total. The summed E-state index contributed by atoms with van der Waals surface area (Å²) in [5.74, 6) is 0.603. The summed E-state index contributed by atoms with van der Waals surface area (Å²) in [5, 5.41) is 17.1. The van der Waals surface area contributed by atoms with Gasteiger partial charge < -0.3 is 19.5 Å². The lowest BCUT2D eigenvalue weighted by Crippen LogP contribution is -2.52. The zero-order valence-corrected chi connectivity index (χ0v) is 16.0. The van der Waals surface area contributed by atoms with Crippen LogP contribution in [0.15, 0.2) is 27.5 Å². The molecule has 0 saturated heterocycles. The number of hydrogen-bond donors (Lipinski definition) is 2. The van der Waals surface area contributed by atoms with Gasteiger partial charge in [0.25, 0.3) is 5.56 Å². The first-order chi connectivity index (χ1) is 12.7. The van der Waals surface area contributed by atoms with Crippen LogP contribution in [0.4, 0.5) is 4.79 Å². The van der Waals surface area contributed by atoms with Crippen LogP contribution in [0.1, 0.15) is 32.1 Å². The SMILES string of the molecule is Cc1onc2c1c(=O)n(C1CC(CNC(=O)O)C1(C)C)c1cccc(Cl)c21. The number of carboxylic acid groups (broad SMARTS) is 1. The minimum absolute atomic E-state index is 0.0785. The van der Waals surface area contributed by atoms with E-state index in [9.17, 15) is 9.59 Å². The normalized spacial score (nSPS) is 21.3. The molecule has 2 atom stereocenters. The minimum atomic E-state index is -1.04. The third-order valence-electron chi connectivity index (χ3n) is 6.01. The monoisotopic (exact) mass is 389 g/mol. The number of nitrogens with one attached hydrogen (secondary N) is 1. The van der Waals surface area contributed by atoms with Crippen LogP contribution < -0.4 is 10.9 Å². The lowest BCUT2D eigenvalue weighted by atomic mass is 9.58. The molecule has 1 saturated carbocycles. The maximum absolute atomic E-state index is 13.3. The molecule has 0 bridgehead atoms. The molecule has 2 heterocycles. The Bertz CT molecular complexity index is 1130. The number of nitrogens with zero attached hydrogens (tertiary/aromatic N) is 2. The highest BCUT2D eigenvalue weighted by Gasteiger charge is 2.50. The molecule has 4 rings (SSSR count). The Kier molecular flexibility index (Phi) is 3.96. The van der Waals surface area contributed by atoms with Crippen molar-refractivity contribution < 1.29 is 14.4 Å². The van der Waals surface area contributed by atoms with Crippen LogP contribution >= 0.6 is 11.6 Å². The van der Waals surface area contributed by atoms with Crippen molar-refractivity contribution >= 4 is 39.5 Å². The molecule has 8 heteroatoms. The van der Waals surface area contributed by atoms with E-state index in [0.29, 0.717) is 40.0 Å². The van der Waals surface area contributed by atoms with Gasteiger partial charge in [-0.2, -0.15) is 0 Å². The van der Waals surface area contributed by atoms with E-state index >= 15 is 0 Å². The summed E-state index contributed by atoms with van der Waals surface area (Å²) in [6.45, 7) is 6.20. The van der Waals surface area contributed by atoms with Gasteiger partial charge in [-0.3, -0.25) is 4.79 Å². The number of fused-ring (bicyclic) bond motifs is 3. The zero-order valence-electron chi connectivity index (χ0n) is 15.2. The summed E-state index contributed by atoms with van der Waals surface area (Å²) in [7, 11) is 0. The highest BCUT2D eigenvalue weighted by Crippen LogP contribution is 2.54. The van der Waals surface area contributed by atoms with E-state index in [2.05, 4.69) is 24.3 Å². The Balaban J connectivity index is 1.91. The molecular formula is C19H20ClN3O4. The fourth-order valence-electron chi connectivity index (χ4n) is 4.27. The molecule has 0 radical (unpaired) electrons. The van der Waals surface area contributed by atoms with Crippen LogP contribution in [0.25, 0.3) is 21.8 Å². The second-order valence-electron chi connectivity index (χ2n) is 7.73. The number of aryl methyl sites for hydroxylation is 1. The molecule has 1 aromatic carbocycles. The van der Waals surface area contributed by atoms with Crippen LogP contribution in [-0.4, -0.2) is 27.5 Å². The molecule has 142 valence electrons. The number of halogens is 1. The Morgan fingerprint density at radius 1 is 1.44 bits per heavy atom. The number of rotatable bonds is 3. The van der Waals surface area contributed by atoms with Gasteiger partial charge in [-0.1, -0.05) is 36.7 Å². The molecule has 2 N–H and O–H groups in total. The van der Waals surface area contributed by atoms with E-state index in [4.69, 9.17) is 21.2 Å². The minimum Gasteiger partial charge on any atom is -0.465 e. The standard InChI is InChI=1S/C19H20ClN3O4/c1-9-14-16(22-27-9)15-11(20)5-4-6-12(15)23(17(14)24)13-7-10(19(13,2)3)8-21-18(25)26/h4-6,10,13,21H,7-8H2,1-3H3,(H,25,26). The molecule has 2 unspecified atom stereocenters. The fourth-order valence-corrected chi connectivity index (χ4v) is 4.52. The van der Waals surface area contributed by atoms with Gasteiger partial charge in [0.05, 0.1) is 10.5 Å². The third kappa shape index (κ3) is 2.52. The number of carbonyl (C=O) groups is 1. The molecular weight excluding hydrogens is 370 g/mol. The van der Waals surface area contributed by atoms with Crippen LogP contribution in [0.2, 0.25) is 5.02 Å². The lowest BCUT2D eigenvalue weighted by Gasteiger charge is -2.53. The zero-order chi connectivity index (χ0) is 19.5. The van der Waals surface area contributed by atoms with E-state index in [0.717, 1.165) is 5.52 Å². The van der Waals surface area contributed by atoms with Gasteiger partial charge in [-0.15, -0.1) is 0 Å². The molecule has 27 heavy (non-hydrogen) atoms. The topological polar surface area (TPSA) is 97.4 Å². The Morgan fingerprint density at radius 2 is 2.19 bits per heavy atom. The molecule has 1 aliphatic rings. The van der Waals surface area contributed by atoms with Crippen molar-refractivity contribution in [3.05, 3.63) is 39.3 Å². The number of pyridine rings is 1. The first-order valence-electron chi connectivity index (χ1n) is 8.79. The van der Waals surface area contributed by atoms with Crippen molar-refractivity contribution in [3.63, 3.8) is 0 Å². The largest absolute Gasteiger partial charge is 0.465 e. The van der Waals surface area contributed by atoms with Crippen LogP contribution in [-0.2, 0) is 0 Å². The number of aromatic nitrogens is 2. The summed E-state index contributed by atoms with van der Waals surface area (Å²) < 4.78 is 7.07. The van der Waals surface area contributed by atoms with E-state index in [1.54, 1.807) is 17.6 Å². The van der Waals surface area contributed by atoms with Gasteiger partial charge in [0.1, 0.15) is 16.7 Å². The molecule has 1 amide bonds. The average molecular weight is 390 g/mol. The fraction of sp³-hybridized carbons (Fsp3) is 0.421. The molecule has 0 aliphatic heterocycles. The van der Waals surface area contributed by atoms with Gasteiger partial charge in [0.15, 0.2) is 0 Å². The van der Waals surface area contributed by atoms with Gasteiger partial charge in [0.2, 0.25) is 0 Å². The number of amides is 1. The van der Waals surface area contributed by atoms with Crippen molar-refractivity contribution in [2.45, 2.75) is 33.2 Å². The van der Waals surface area contributed by atoms with Crippen LogP contribution in [0.5, 0.6) is 0 Å². The van der Waals surface area contributed by atoms with Crippen LogP contribution in [0, 0.1) is 18.3 Å². The van der Waals surface area contributed by atoms with E-state index in [1.165, 1.54) is 0 Å². The Labute approximate surface area is 159 Å². The average Bonchev–Trinajstić information content (AvgIpc) is 2.98. The predicted molar refractivity (Wildman–Crippen MR) is 102 cm³/mol. The van der Waals surface area contributed by atoms with Gasteiger partial charge in [0, 0.05) is 18.0 Å². The van der Waals surface area contributed by atoms with Crippen LogP contribution in [0.3, 0.4) is 0 Å². The smallest absolute Gasteiger partial charge is 0.404 e. The highest BCUT2D eigenvalue weighted by molar-refractivity contribution is 6.37. The molecule has 3 aromatic rings. The first-order valence-corrected chi connectivity index (χ1v) is 9.16. The van der Waals surface area contributed by atoms with Crippen molar-refractivity contribution in [3.8, 4) is 0 Å². The third-order valence-corrected chi connectivity index (χ3v) is 6.33. The van der Waals surface area contributed by atoms with Crippen molar-refractivity contribution in [1.29, 1.82) is 0 Å². The quantitative estimate of drug-likeness (QED) is 0.706. The summed E-state index contributed by atoms with van der Waals surface area (Å²) in [6.07, 6.45) is -0.338. The van der Waals surface area contributed by atoms with E-state index < -0.39 is 6.09 Å². The summed E-state index contributed by atoms with van der Waals surface area (Å²) in [4.78, 5) is 24.2. The maximum Gasteiger partial charge on any atom is 0.404 e. The second kappa shape index (κ2) is 5.99. The first kappa shape index (κ1) is 17.9. The number of hydrogen-bond acceptors (Lipinski definition) is 4. The maximum atomic E-state index is 13.3. The Morgan fingerprint density at radius 3 is 2.85 bits per heavy atom. The molecule has 1 aliphatic carbocycles. The molecule has 0 spiro atoms. The summed E-state index contributed by atoms with van der Waals surface area (Å²) in [6, 6.07) is 5.37. The second-order valence-corrected chi connectivity index (χ2v) is 8.13. The van der Waals surface area contributed by atoms with Crippen molar-refractivity contribution in [2.24, 2.45) is 11.3 Å². The Hall–Kier alpha value is -2.54. The lowest BCUT2D eigenvalue weighted by molar-refractivity contribution is -0.00705. The van der Waals surface area contributed by atoms with Gasteiger partial charge in [-0.05, 0) is 36.8 Å². The molecule has 2 aromatic heterocycles. The van der Waals surface area contributed by atoms with Gasteiger partial charge in [-0.25, -0.2) is 4.79 Å². The van der Waals surface area contributed by atoms with Crippen molar-refractivity contribution in [2.75, 3.05) is 6.54 Å². The summed E-state index contributed by atoms with van der Waals surface area (Å²) >= 11 is 6.45.